The van der Waals surface area contributed by atoms with E-state index in [4.69, 9.17) is 19.2 Å². The monoisotopic (exact) mass is 663 g/mol. The summed E-state index contributed by atoms with van der Waals surface area (Å²) in [6, 6.07) is 6.63. The van der Waals surface area contributed by atoms with Crippen LogP contribution in [0.3, 0.4) is 0 Å². The number of hydrogen-bond acceptors (Lipinski definition) is 10. The number of aliphatic hydroxyl groups is 2. The molecule has 3 aliphatic rings. The first-order chi connectivity index (χ1) is 23.2. The van der Waals surface area contributed by atoms with Gasteiger partial charge in [0.15, 0.2) is 12.6 Å². The van der Waals surface area contributed by atoms with Crippen molar-refractivity contribution < 1.29 is 33.2 Å². The Morgan fingerprint density at radius 2 is 1.90 bits per heavy atom. The number of piperidine rings is 1. The number of hydrogen-bond donors (Lipinski definition) is 2. The Balaban J connectivity index is 1.37. The smallest absolute Gasteiger partial charge is 0.319 e. The normalized spacial score (nSPS) is 24.5. The third-order valence-corrected chi connectivity index (χ3v) is 10.4. The molecule has 3 aliphatic heterocycles. The zero-order valence-electron chi connectivity index (χ0n) is 27.8. The van der Waals surface area contributed by atoms with Gasteiger partial charge in [-0.2, -0.15) is 9.97 Å². The number of aliphatic hydroxyl groups excluding tert-OH is 1. The molecule has 0 aliphatic carbocycles. The zero-order valence-corrected chi connectivity index (χ0v) is 27.8. The van der Waals surface area contributed by atoms with Crippen molar-refractivity contribution in [1.29, 1.82) is 0 Å². The highest BCUT2D eigenvalue weighted by atomic mass is 19.1. The second kappa shape index (κ2) is 13.0. The maximum absolute atomic E-state index is 17.1. The molecule has 0 saturated carbocycles. The Morgan fingerprint density at radius 1 is 1.06 bits per heavy atom. The summed E-state index contributed by atoms with van der Waals surface area (Å²) in [5, 5.41) is 22.5. The molecule has 0 spiro atoms. The van der Waals surface area contributed by atoms with Crippen LogP contribution in [-0.2, 0) is 11.2 Å². The number of nitrogens with zero attached hydrogens (tertiary/aromatic N) is 5. The molecule has 7 rings (SSSR count). The fourth-order valence-corrected chi connectivity index (χ4v) is 8.15. The minimum absolute atomic E-state index is 0.000880. The molecule has 256 valence electrons. The Kier molecular flexibility index (Phi) is 8.86. The third kappa shape index (κ3) is 5.82. The standard InChI is InChI=1S/C36H43F2N5O5/c1-4-25-28(37)8-7-22-15-24(48-21-46-3)16-26(29(22)25)31-30(38)32-27(17-39-31)33(42-13-5-10-35(2,45)19-42)41-34(40-32)47-20-36-11-6-14-43(36)23(18-44)9-12-36/h7-8,15-17,23,44-45H,4-6,9-14,18-21H2,1-3H3/t23-,35+,36+/m0/s1. The predicted molar refractivity (Wildman–Crippen MR) is 178 cm³/mol. The molecule has 0 bridgehead atoms. The number of anilines is 1. The number of aromatic nitrogens is 3. The maximum Gasteiger partial charge on any atom is 0.319 e. The topological polar surface area (TPSA) is 113 Å². The van der Waals surface area contributed by atoms with E-state index < -0.39 is 11.4 Å². The second-order valence-corrected chi connectivity index (χ2v) is 13.7. The van der Waals surface area contributed by atoms with Crippen molar-refractivity contribution in [3.63, 3.8) is 0 Å². The van der Waals surface area contributed by atoms with E-state index in [1.807, 2.05) is 11.8 Å². The largest absolute Gasteiger partial charge is 0.468 e. The molecule has 0 amide bonds. The van der Waals surface area contributed by atoms with Crippen LogP contribution in [0.2, 0.25) is 0 Å². The van der Waals surface area contributed by atoms with Gasteiger partial charge in [-0.25, -0.2) is 8.78 Å². The van der Waals surface area contributed by atoms with Crippen molar-refractivity contribution in [2.75, 3.05) is 51.7 Å². The van der Waals surface area contributed by atoms with E-state index in [1.165, 1.54) is 13.2 Å². The molecule has 4 aromatic rings. The zero-order chi connectivity index (χ0) is 33.6. The molecule has 3 fully saturated rings. The van der Waals surface area contributed by atoms with Gasteiger partial charge in [0.05, 0.1) is 23.1 Å². The van der Waals surface area contributed by atoms with E-state index in [-0.39, 0.29) is 48.0 Å². The van der Waals surface area contributed by atoms with Gasteiger partial charge in [-0.3, -0.25) is 9.88 Å². The van der Waals surface area contributed by atoms with Crippen LogP contribution in [0.5, 0.6) is 11.8 Å². The van der Waals surface area contributed by atoms with E-state index in [0.717, 1.165) is 38.6 Å². The summed E-state index contributed by atoms with van der Waals surface area (Å²) in [7, 11) is 1.51. The van der Waals surface area contributed by atoms with Gasteiger partial charge in [0, 0.05) is 38.0 Å². The summed E-state index contributed by atoms with van der Waals surface area (Å²) < 4.78 is 49.4. The van der Waals surface area contributed by atoms with Gasteiger partial charge in [0.1, 0.15) is 35.2 Å². The van der Waals surface area contributed by atoms with Crippen LogP contribution in [-0.4, -0.2) is 94.0 Å². The van der Waals surface area contributed by atoms with Crippen molar-refractivity contribution in [3.05, 3.63) is 47.7 Å². The maximum atomic E-state index is 17.1. The molecule has 5 heterocycles. The van der Waals surface area contributed by atoms with Gasteiger partial charge < -0.3 is 29.3 Å². The number of methoxy groups -OCH3 is 1. The number of pyridine rings is 1. The van der Waals surface area contributed by atoms with Crippen LogP contribution in [0, 0.1) is 11.6 Å². The van der Waals surface area contributed by atoms with Gasteiger partial charge in [-0.15, -0.1) is 0 Å². The first-order valence-corrected chi connectivity index (χ1v) is 16.9. The van der Waals surface area contributed by atoms with E-state index in [1.54, 1.807) is 31.3 Å². The summed E-state index contributed by atoms with van der Waals surface area (Å²) in [6.07, 6.45) is 7.04. The van der Waals surface area contributed by atoms with E-state index >= 15 is 8.78 Å². The lowest BCUT2D eigenvalue weighted by molar-refractivity contribution is 0.0446. The first kappa shape index (κ1) is 32.8. The average Bonchev–Trinajstić information content (AvgIpc) is 3.65. The van der Waals surface area contributed by atoms with Gasteiger partial charge in [-0.1, -0.05) is 13.0 Å². The van der Waals surface area contributed by atoms with Gasteiger partial charge in [-0.05, 0) is 92.9 Å². The fourth-order valence-electron chi connectivity index (χ4n) is 8.15. The molecule has 10 nitrogen and oxygen atoms in total. The number of rotatable bonds is 10. The number of ether oxygens (including phenoxy) is 3. The summed E-state index contributed by atoms with van der Waals surface area (Å²) in [5.41, 5.74) is -0.333. The van der Waals surface area contributed by atoms with Gasteiger partial charge in [0.2, 0.25) is 0 Å². The molecule has 2 aromatic heterocycles. The molecule has 0 unspecified atom stereocenters. The predicted octanol–water partition coefficient (Wildman–Crippen LogP) is 5.39. The van der Waals surface area contributed by atoms with Crippen molar-refractivity contribution in [1.82, 2.24) is 19.9 Å². The highest BCUT2D eigenvalue weighted by Gasteiger charge is 2.49. The molecule has 3 saturated heterocycles. The second-order valence-electron chi connectivity index (χ2n) is 13.7. The molecule has 3 atom stereocenters. The Labute approximate surface area is 278 Å². The lowest BCUT2D eigenvalue weighted by Crippen LogP contribution is -2.47. The Bertz CT molecular complexity index is 1840. The van der Waals surface area contributed by atoms with Crippen LogP contribution < -0.4 is 14.4 Å². The molecule has 48 heavy (non-hydrogen) atoms. The van der Waals surface area contributed by atoms with Crippen molar-refractivity contribution in [2.45, 2.75) is 76.0 Å². The van der Waals surface area contributed by atoms with E-state index in [0.29, 0.717) is 71.4 Å². The van der Waals surface area contributed by atoms with Crippen molar-refractivity contribution in [2.24, 2.45) is 0 Å². The summed E-state index contributed by atoms with van der Waals surface area (Å²) >= 11 is 0. The summed E-state index contributed by atoms with van der Waals surface area (Å²) in [4.78, 5) is 18.4. The number of benzene rings is 2. The summed E-state index contributed by atoms with van der Waals surface area (Å²) in [6.45, 7) is 5.86. The number of β-amino-alcohol motifs (C(OH)–C–C–N with tert-alkyl or cyclic N) is 1. The average molecular weight is 664 g/mol. The van der Waals surface area contributed by atoms with Crippen molar-refractivity contribution >= 4 is 27.5 Å². The number of fused-ring (bicyclic) bond motifs is 3. The first-order valence-electron chi connectivity index (χ1n) is 16.9. The molecular formula is C36H43F2N5O5. The molecule has 0 radical (unpaired) electrons. The fraction of sp³-hybridized carbons (Fsp3) is 0.528. The Morgan fingerprint density at radius 3 is 2.67 bits per heavy atom. The van der Waals surface area contributed by atoms with Gasteiger partial charge >= 0.3 is 6.01 Å². The number of aryl methyl sites for hydroxylation is 1. The third-order valence-electron chi connectivity index (χ3n) is 10.4. The highest BCUT2D eigenvalue weighted by molar-refractivity contribution is 6.01. The highest BCUT2D eigenvalue weighted by Crippen LogP contribution is 2.43. The summed E-state index contributed by atoms with van der Waals surface area (Å²) in [5.74, 6) is -0.208. The lowest BCUT2D eigenvalue weighted by atomic mass is 9.94. The van der Waals surface area contributed by atoms with Crippen LogP contribution in [0.25, 0.3) is 32.9 Å². The van der Waals surface area contributed by atoms with Crippen LogP contribution >= 0.6 is 0 Å². The van der Waals surface area contributed by atoms with Gasteiger partial charge in [0.25, 0.3) is 0 Å². The lowest BCUT2D eigenvalue weighted by Gasteiger charge is -2.38. The number of halogens is 2. The van der Waals surface area contributed by atoms with Crippen molar-refractivity contribution in [3.8, 4) is 23.0 Å². The van der Waals surface area contributed by atoms with Crippen LogP contribution in [0.15, 0.2) is 30.5 Å². The van der Waals surface area contributed by atoms with Crippen LogP contribution in [0.1, 0.15) is 57.9 Å². The molecule has 2 aromatic carbocycles. The van der Waals surface area contributed by atoms with E-state index in [9.17, 15) is 10.2 Å². The SMILES string of the molecule is CCc1c(F)ccc2cc(OCOC)cc(-c3ncc4c(N5CCC[C@@](C)(O)C5)nc(OC[C@]56CCCN5[C@H](CO)CC6)nc4c3F)c12. The molecule has 12 heteroatoms. The van der Waals surface area contributed by atoms with Crippen LogP contribution in [0.4, 0.5) is 14.6 Å². The molecular weight excluding hydrogens is 620 g/mol. The minimum Gasteiger partial charge on any atom is -0.468 e. The van der Waals surface area contributed by atoms with E-state index in [2.05, 4.69) is 14.9 Å². The quantitative estimate of drug-likeness (QED) is 0.214. The molecule has 2 N–H and O–H groups in total. The minimum atomic E-state index is -0.947. The Hall–Kier alpha value is -3.71.